The normalized spacial score (nSPS) is 9.75. The number of urea groups is 1. The lowest BCUT2D eigenvalue weighted by Crippen LogP contribution is -2.18. The zero-order valence-electron chi connectivity index (χ0n) is 6.53. The van der Waals surface area contributed by atoms with Crippen molar-refractivity contribution in [2.24, 2.45) is 11.5 Å². The molecule has 0 unspecified atom stereocenters. The molecule has 0 spiro atoms. The first-order chi connectivity index (χ1) is 5.72. The summed E-state index contributed by atoms with van der Waals surface area (Å²) in [4.78, 5) is 10.4. The third kappa shape index (κ3) is 2.24. The van der Waals surface area contributed by atoms with E-state index in [1.165, 1.54) is 6.20 Å². The Balaban J connectivity index is 2.58. The van der Waals surface area contributed by atoms with Gasteiger partial charge in [-0.15, -0.1) is 0 Å². The smallest absolute Gasteiger partial charge is 0.316 e. The molecule has 0 saturated heterocycles. The van der Waals surface area contributed by atoms with Gasteiger partial charge in [-0.3, -0.25) is 4.68 Å². The Morgan fingerprint density at radius 3 is 3.08 bits per heavy atom. The summed E-state index contributed by atoms with van der Waals surface area (Å²) in [5, 5.41) is 6.32. The molecular formula is C6H11N5O. The molecule has 6 nitrogen and oxygen atoms in total. The zero-order valence-corrected chi connectivity index (χ0v) is 6.53. The highest BCUT2D eigenvalue weighted by Gasteiger charge is 1.98. The van der Waals surface area contributed by atoms with Crippen molar-refractivity contribution >= 4 is 11.7 Å². The van der Waals surface area contributed by atoms with Gasteiger partial charge < -0.3 is 16.8 Å². The molecule has 0 aliphatic rings. The summed E-state index contributed by atoms with van der Waals surface area (Å²) in [6.45, 7) is 1.14. The Kier molecular flexibility index (Phi) is 2.65. The maximum Gasteiger partial charge on any atom is 0.316 e. The number of amides is 2. The second-order valence-corrected chi connectivity index (χ2v) is 2.27. The molecule has 12 heavy (non-hydrogen) atoms. The minimum absolute atomic E-state index is 0.512. The van der Waals surface area contributed by atoms with Crippen molar-refractivity contribution in [2.45, 2.75) is 6.54 Å². The quantitative estimate of drug-likeness (QED) is 0.559. The lowest BCUT2D eigenvalue weighted by atomic mass is 10.5. The van der Waals surface area contributed by atoms with Crippen molar-refractivity contribution < 1.29 is 4.79 Å². The van der Waals surface area contributed by atoms with Crippen LogP contribution in [0.15, 0.2) is 12.4 Å². The largest absolute Gasteiger partial charge is 0.351 e. The number of nitrogens with one attached hydrogen (secondary N) is 1. The first-order valence-electron chi connectivity index (χ1n) is 3.51. The van der Waals surface area contributed by atoms with E-state index in [0.717, 1.165) is 0 Å². The maximum atomic E-state index is 10.4. The van der Waals surface area contributed by atoms with Crippen LogP contribution in [0.5, 0.6) is 0 Å². The zero-order chi connectivity index (χ0) is 8.97. The summed E-state index contributed by atoms with van der Waals surface area (Å²) in [7, 11) is 0. The highest BCUT2D eigenvalue weighted by Crippen LogP contribution is 2.02. The van der Waals surface area contributed by atoms with Crippen molar-refractivity contribution in [3.63, 3.8) is 0 Å². The van der Waals surface area contributed by atoms with Crippen LogP contribution < -0.4 is 16.8 Å². The predicted octanol–water partition coefficient (Wildman–Crippen LogP) is -0.668. The van der Waals surface area contributed by atoms with E-state index in [-0.39, 0.29) is 0 Å². The minimum atomic E-state index is -0.595. The molecule has 6 heteroatoms. The molecule has 1 aromatic heterocycles. The SMILES string of the molecule is NCCn1cc(NC(N)=O)cn1. The number of nitrogens with zero attached hydrogens (tertiary/aromatic N) is 2. The fourth-order valence-electron chi connectivity index (χ4n) is 0.825. The summed E-state index contributed by atoms with van der Waals surface area (Å²) in [5.74, 6) is 0. The first kappa shape index (κ1) is 8.54. The summed E-state index contributed by atoms with van der Waals surface area (Å²) in [5.41, 5.74) is 10.8. The second-order valence-electron chi connectivity index (χ2n) is 2.27. The van der Waals surface area contributed by atoms with Gasteiger partial charge in [0.2, 0.25) is 0 Å². The number of primary amides is 1. The molecule has 0 bridgehead atoms. The van der Waals surface area contributed by atoms with Crippen LogP contribution in [0, 0.1) is 0 Å². The summed E-state index contributed by atoms with van der Waals surface area (Å²) < 4.78 is 1.63. The molecule has 0 fully saturated rings. The van der Waals surface area contributed by atoms with Crippen molar-refractivity contribution in [1.82, 2.24) is 9.78 Å². The van der Waals surface area contributed by atoms with E-state index in [1.54, 1.807) is 10.9 Å². The second kappa shape index (κ2) is 3.72. The molecule has 2 amide bonds. The molecule has 0 aromatic carbocycles. The molecule has 0 atom stereocenters. The Hall–Kier alpha value is -1.56. The maximum absolute atomic E-state index is 10.4. The standard InChI is InChI=1S/C6H11N5O/c7-1-2-11-4-5(3-9-11)10-6(8)12/h3-4H,1-2,7H2,(H3,8,10,12). The van der Waals surface area contributed by atoms with Crippen LogP contribution in [0.1, 0.15) is 0 Å². The Morgan fingerprint density at radius 2 is 2.50 bits per heavy atom. The van der Waals surface area contributed by atoms with E-state index in [1.807, 2.05) is 0 Å². The molecule has 66 valence electrons. The highest BCUT2D eigenvalue weighted by atomic mass is 16.2. The number of nitrogens with two attached hydrogens (primary N) is 2. The van der Waals surface area contributed by atoms with E-state index < -0.39 is 6.03 Å². The molecule has 0 aliphatic carbocycles. The van der Waals surface area contributed by atoms with Gasteiger partial charge >= 0.3 is 6.03 Å². The third-order valence-electron chi connectivity index (χ3n) is 1.26. The van der Waals surface area contributed by atoms with E-state index in [0.29, 0.717) is 18.8 Å². The van der Waals surface area contributed by atoms with Gasteiger partial charge in [0.15, 0.2) is 0 Å². The number of carbonyl (C=O) groups is 1. The Bertz CT molecular complexity index is 269. The average Bonchev–Trinajstić information content (AvgIpc) is 2.36. The van der Waals surface area contributed by atoms with Gasteiger partial charge in [0.05, 0.1) is 18.4 Å². The van der Waals surface area contributed by atoms with Gasteiger partial charge in [-0.2, -0.15) is 5.10 Å². The van der Waals surface area contributed by atoms with Crippen LogP contribution in [-0.2, 0) is 6.54 Å². The number of hydrogen-bond acceptors (Lipinski definition) is 3. The minimum Gasteiger partial charge on any atom is -0.351 e. The predicted molar refractivity (Wildman–Crippen MR) is 44.5 cm³/mol. The van der Waals surface area contributed by atoms with Crippen molar-refractivity contribution in [2.75, 3.05) is 11.9 Å². The lowest BCUT2D eigenvalue weighted by molar-refractivity contribution is 0.259. The monoisotopic (exact) mass is 169 g/mol. The fourth-order valence-corrected chi connectivity index (χ4v) is 0.825. The first-order valence-corrected chi connectivity index (χ1v) is 3.51. The van der Waals surface area contributed by atoms with Gasteiger partial charge in [0.1, 0.15) is 0 Å². The molecular weight excluding hydrogens is 158 g/mol. The molecule has 5 N–H and O–H groups in total. The van der Waals surface area contributed by atoms with Crippen LogP contribution in [0.25, 0.3) is 0 Å². The van der Waals surface area contributed by atoms with E-state index in [4.69, 9.17) is 11.5 Å². The topological polar surface area (TPSA) is 99.0 Å². The summed E-state index contributed by atoms with van der Waals surface area (Å²) >= 11 is 0. The number of rotatable bonds is 3. The van der Waals surface area contributed by atoms with Crippen LogP contribution in [0.2, 0.25) is 0 Å². The van der Waals surface area contributed by atoms with Crippen molar-refractivity contribution in [3.8, 4) is 0 Å². The van der Waals surface area contributed by atoms with Gasteiger partial charge in [-0.1, -0.05) is 0 Å². The summed E-state index contributed by atoms with van der Waals surface area (Å²) in [6, 6.07) is -0.595. The van der Waals surface area contributed by atoms with Crippen molar-refractivity contribution in [1.29, 1.82) is 0 Å². The Morgan fingerprint density at radius 1 is 1.75 bits per heavy atom. The molecule has 0 aliphatic heterocycles. The lowest BCUT2D eigenvalue weighted by Gasteiger charge is -1.95. The van der Waals surface area contributed by atoms with Crippen LogP contribution in [-0.4, -0.2) is 22.4 Å². The number of hydrogen-bond donors (Lipinski definition) is 3. The van der Waals surface area contributed by atoms with Crippen molar-refractivity contribution in [3.05, 3.63) is 12.4 Å². The number of aromatic nitrogens is 2. The number of carbonyl (C=O) groups excluding carboxylic acids is 1. The van der Waals surface area contributed by atoms with Crippen LogP contribution in [0.4, 0.5) is 10.5 Å². The molecule has 0 saturated carbocycles. The van der Waals surface area contributed by atoms with Gasteiger partial charge in [0.25, 0.3) is 0 Å². The van der Waals surface area contributed by atoms with Crippen LogP contribution >= 0.6 is 0 Å². The van der Waals surface area contributed by atoms with E-state index in [9.17, 15) is 4.79 Å². The average molecular weight is 169 g/mol. The molecule has 0 radical (unpaired) electrons. The third-order valence-corrected chi connectivity index (χ3v) is 1.26. The number of anilines is 1. The highest BCUT2D eigenvalue weighted by molar-refractivity contribution is 5.87. The van der Waals surface area contributed by atoms with E-state index >= 15 is 0 Å². The van der Waals surface area contributed by atoms with Gasteiger partial charge in [-0.25, -0.2) is 4.79 Å². The fraction of sp³-hybridized carbons (Fsp3) is 0.333. The molecule has 1 heterocycles. The molecule has 1 rings (SSSR count). The summed E-state index contributed by atoms with van der Waals surface area (Å²) in [6.07, 6.45) is 3.18. The Labute approximate surface area is 69.5 Å². The van der Waals surface area contributed by atoms with Crippen LogP contribution in [0.3, 0.4) is 0 Å². The van der Waals surface area contributed by atoms with E-state index in [2.05, 4.69) is 10.4 Å². The molecule has 1 aromatic rings. The van der Waals surface area contributed by atoms with Gasteiger partial charge in [-0.05, 0) is 0 Å². The van der Waals surface area contributed by atoms with Gasteiger partial charge in [0, 0.05) is 12.7 Å².